The molecule has 0 bridgehead atoms. The third-order valence-corrected chi connectivity index (χ3v) is 7.07. The van der Waals surface area contributed by atoms with Crippen LogP contribution < -0.4 is 4.74 Å². The van der Waals surface area contributed by atoms with Crippen LogP contribution in [0.25, 0.3) is 0 Å². The zero-order chi connectivity index (χ0) is 21.7. The molecular formula is C21H23ClN2O5S. The Balaban J connectivity index is 1.51. The Morgan fingerprint density at radius 1 is 0.967 bits per heavy atom. The second kappa shape index (κ2) is 9.59. The van der Waals surface area contributed by atoms with E-state index < -0.39 is 10.0 Å². The predicted molar refractivity (Wildman–Crippen MR) is 113 cm³/mol. The van der Waals surface area contributed by atoms with Crippen molar-refractivity contribution in [1.82, 2.24) is 9.21 Å². The number of piperazine rings is 1. The molecule has 0 radical (unpaired) electrons. The van der Waals surface area contributed by atoms with Gasteiger partial charge in [0.25, 0.3) is 5.91 Å². The van der Waals surface area contributed by atoms with Crippen molar-refractivity contribution in [1.29, 1.82) is 0 Å². The van der Waals surface area contributed by atoms with E-state index in [-0.39, 0.29) is 36.3 Å². The van der Waals surface area contributed by atoms with E-state index >= 15 is 0 Å². The third kappa shape index (κ3) is 5.19. The van der Waals surface area contributed by atoms with Crippen LogP contribution in [-0.4, -0.2) is 62.1 Å². The van der Waals surface area contributed by atoms with Crippen LogP contribution in [0.2, 0.25) is 5.02 Å². The molecule has 0 saturated carbocycles. The highest BCUT2D eigenvalue weighted by molar-refractivity contribution is 7.89. The molecule has 0 spiro atoms. The van der Waals surface area contributed by atoms with Crippen molar-refractivity contribution in [3.8, 4) is 5.75 Å². The summed E-state index contributed by atoms with van der Waals surface area (Å²) in [5, 5.41) is 0.468. The van der Waals surface area contributed by atoms with Crippen molar-refractivity contribution in [3.05, 3.63) is 59.1 Å². The van der Waals surface area contributed by atoms with Gasteiger partial charge in [-0.25, -0.2) is 8.42 Å². The number of sulfonamides is 1. The molecule has 0 atom stereocenters. The topological polar surface area (TPSA) is 84.0 Å². The minimum Gasteiger partial charge on any atom is -0.484 e. The molecule has 0 unspecified atom stereocenters. The second-order valence-electron chi connectivity index (χ2n) is 6.83. The lowest BCUT2D eigenvalue weighted by Crippen LogP contribution is -2.51. The number of benzene rings is 2. The Hall–Kier alpha value is -2.42. The maximum atomic E-state index is 12.7. The van der Waals surface area contributed by atoms with E-state index in [9.17, 15) is 18.0 Å². The van der Waals surface area contributed by atoms with Crippen LogP contribution in [0.4, 0.5) is 0 Å². The van der Waals surface area contributed by atoms with Crippen LogP contribution in [0, 0.1) is 0 Å². The van der Waals surface area contributed by atoms with Gasteiger partial charge in [-0.2, -0.15) is 4.31 Å². The van der Waals surface area contributed by atoms with Gasteiger partial charge in [-0.3, -0.25) is 9.59 Å². The largest absolute Gasteiger partial charge is 0.484 e. The molecule has 1 heterocycles. The van der Waals surface area contributed by atoms with Crippen LogP contribution in [0.1, 0.15) is 23.7 Å². The quantitative estimate of drug-likeness (QED) is 0.605. The fourth-order valence-electron chi connectivity index (χ4n) is 3.11. The molecule has 160 valence electrons. The van der Waals surface area contributed by atoms with Gasteiger partial charge < -0.3 is 9.64 Å². The van der Waals surface area contributed by atoms with Crippen molar-refractivity contribution in [2.24, 2.45) is 0 Å². The maximum Gasteiger partial charge on any atom is 0.260 e. The van der Waals surface area contributed by atoms with E-state index in [1.54, 1.807) is 36.1 Å². The van der Waals surface area contributed by atoms with Crippen molar-refractivity contribution < 1.29 is 22.7 Å². The summed E-state index contributed by atoms with van der Waals surface area (Å²) >= 11 is 5.82. The number of hydrogen-bond acceptors (Lipinski definition) is 5. The minimum absolute atomic E-state index is 0.0454. The molecule has 9 heteroatoms. The van der Waals surface area contributed by atoms with Gasteiger partial charge in [-0.1, -0.05) is 18.5 Å². The predicted octanol–water partition coefficient (Wildman–Crippen LogP) is 2.84. The molecule has 3 rings (SSSR count). The normalized spacial score (nSPS) is 15.1. The standard InChI is InChI=1S/C21H23ClN2O5S/c1-2-20(25)16-3-7-18(8-4-16)29-15-21(26)23-11-13-24(14-12-23)30(27,28)19-9-5-17(22)6-10-19/h3-10H,2,11-15H2,1H3. The van der Waals surface area contributed by atoms with Crippen molar-refractivity contribution in [3.63, 3.8) is 0 Å². The monoisotopic (exact) mass is 450 g/mol. The summed E-state index contributed by atoms with van der Waals surface area (Å²) in [4.78, 5) is 25.8. The van der Waals surface area contributed by atoms with Crippen LogP contribution in [-0.2, 0) is 14.8 Å². The summed E-state index contributed by atoms with van der Waals surface area (Å²) in [5.41, 5.74) is 0.606. The van der Waals surface area contributed by atoms with Crippen molar-refractivity contribution in [2.45, 2.75) is 18.2 Å². The van der Waals surface area contributed by atoms with Gasteiger partial charge in [0.15, 0.2) is 12.4 Å². The van der Waals surface area contributed by atoms with E-state index in [2.05, 4.69) is 0 Å². The molecule has 1 aliphatic heterocycles. The average molecular weight is 451 g/mol. The lowest BCUT2D eigenvalue weighted by molar-refractivity contribution is -0.134. The Bertz CT molecular complexity index is 999. The molecule has 1 aliphatic rings. The Labute approximate surface area is 181 Å². The number of ketones is 1. The van der Waals surface area contributed by atoms with E-state index in [1.807, 2.05) is 0 Å². The first-order valence-electron chi connectivity index (χ1n) is 9.61. The van der Waals surface area contributed by atoms with Crippen LogP contribution in [0.3, 0.4) is 0 Å². The lowest BCUT2D eigenvalue weighted by Gasteiger charge is -2.34. The number of amides is 1. The van der Waals surface area contributed by atoms with Gasteiger partial charge in [0.1, 0.15) is 5.75 Å². The molecule has 1 fully saturated rings. The Morgan fingerprint density at radius 2 is 1.57 bits per heavy atom. The van der Waals surface area contributed by atoms with Gasteiger partial charge in [-0.15, -0.1) is 0 Å². The van der Waals surface area contributed by atoms with Crippen molar-refractivity contribution in [2.75, 3.05) is 32.8 Å². The first-order chi connectivity index (χ1) is 14.3. The third-order valence-electron chi connectivity index (χ3n) is 4.90. The minimum atomic E-state index is -3.62. The van der Waals surface area contributed by atoms with E-state index in [1.165, 1.54) is 28.6 Å². The number of nitrogens with zero attached hydrogens (tertiary/aromatic N) is 2. The van der Waals surface area contributed by atoms with Crippen molar-refractivity contribution >= 4 is 33.3 Å². The van der Waals surface area contributed by atoms with Crippen LogP contribution in [0.15, 0.2) is 53.4 Å². The van der Waals surface area contributed by atoms with Crippen LogP contribution in [0.5, 0.6) is 5.75 Å². The molecular weight excluding hydrogens is 428 g/mol. The molecule has 2 aromatic rings. The second-order valence-corrected chi connectivity index (χ2v) is 9.20. The molecule has 1 amide bonds. The molecule has 30 heavy (non-hydrogen) atoms. The fraction of sp³-hybridized carbons (Fsp3) is 0.333. The summed E-state index contributed by atoms with van der Waals surface area (Å²) in [7, 11) is -3.62. The van der Waals surface area contributed by atoms with Crippen LogP contribution >= 0.6 is 11.6 Å². The Morgan fingerprint density at radius 3 is 2.13 bits per heavy atom. The number of ether oxygens (including phenoxy) is 1. The maximum absolute atomic E-state index is 12.7. The fourth-order valence-corrected chi connectivity index (χ4v) is 4.66. The molecule has 7 nitrogen and oxygen atoms in total. The summed E-state index contributed by atoms with van der Waals surface area (Å²) < 4.78 is 32.3. The number of rotatable bonds is 7. The summed E-state index contributed by atoms with van der Waals surface area (Å²) in [6.07, 6.45) is 0.429. The molecule has 0 aliphatic carbocycles. The lowest BCUT2D eigenvalue weighted by atomic mass is 10.1. The van der Waals surface area contributed by atoms with Gasteiger partial charge in [0.2, 0.25) is 10.0 Å². The SMILES string of the molecule is CCC(=O)c1ccc(OCC(=O)N2CCN(S(=O)(=O)c3ccc(Cl)cc3)CC2)cc1. The molecule has 0 N–H and O–H groups in total. The van der Waals surface area contributed by atoms with Gasteiger partial charge >= 0.3 is 0 Å². The first kappa shape index (κ1) is 22.3. The zero-order valence-corrected chi connectivity index (χ0v) is 18.2. The highest BCUT2D eigenvalue weighted by Crippen LogP contribution is 2.20. The molecule has 1 saturated heterocycles. The van der Waals surface area contributed by atoms with Gasteiger partial charge in [0, 0.05) is 43.2 Å². The summed E-state index contributed by atoms with van der Waals surface area (Å²) in [6.45, 7) is 2.66. The van der Waals surface area contributed by atoms with Gasteiger partial charge in [-0.05, 0) is 48.5 Å². The van der Waals surface area contributed by atoms with Gasteiger partial charge in [0.05, 0.1) is 4.90 Å². The van der Waals surface area contributed by atoms with E-state index in [4.69, 9.17) is 16.3 Å². The average Bonchev–Trinajstić information content (AvgIpc) is 2.77. The number of halogens is 1. The summed E-state index contributed by atoms with van der Waals surface area (Å²) in [5.74, 6) is 0.330. The number of carbonyl (C=O) groups is 2. The molecule has 2 aromatic carbocycles. The Kier molecular flexibility index (Phi) is 7.12. The number of Topliss-reactive ketones (excluding diaryl/α,β-unsaturated/α-hetero) is 1. The molecule has 0 aromatic heterocycles. The number of hydrogen-bond donors (Lipinski definition) is 0. The summed E-state index contributed by atoms with van der Waals surface area (Å²) in [6, 6.07) is 12.7. The smallest absolute Gasteiger partial charge is 0.260 e. The highest BCUT2D eigenvalue weighted by Gasteiger charge is 2.30. The first-order valence-corrected chi connectivity index (χ1v) is 11.4. The van der Waals surface area contributed by atoms with E-state index in [0.29, 0.717) is 35.8 Å². The number of carbonyl (C=O) groups excluding carboxylic acids is 2. The van der Waals surface area contributed by atoms with E-state index in [0.717, 1.165) is 0 Å². The zero-order valence-electron chi connectivity index (χ0n) is 16.6. The highest BCUT2D eigenvalue weighted by atomic mass is 35.5.